The Labute approximate surface area is 191 Å². The number of hydrogen-bond acceptors (Lipinski definition) is 4. The van der Waals surface area contributed by atoms with Crippen LogP contribution in [-0.4, -0.2) is 23.7 Å². The molecule has 0 aromatic heterocycles. The number of hydrogen-bond donors (Lipinski definition) is 1. The fourth-order valence-corrected chi connectivity index (χ4v) is 3.51. The van der Waals surface area contributed by atoms with Gasteiger partial charge in [-0.25, -0.2) is 19.4 Å². The van der Waals surface area contributed by atoms with E-state index in [1.807, 2.05) is 13.0 Å². The number of imide groups is 2. The summed E-state index contributed by atoms with van der Waals surface area (Å²) < 4.78 is 0. The highest BCUT2D eigenvalue weighted by atomic mass is 32.2. The van der Waals surface area contributed by atoms with Gasteiger partial charge in [-0.1, -0.05) is 68.1 Å². The summed E-state index contributed by atoms with van der Waals surface area (Å²) in [5.74, 6) is 0.0413. The second kappa shape index (κ2) is 11.0. The number of amides is 5. The smallest absolute Gasteiger partial charge is 0.307 e. The molecule has 32 heavy (non-hydrogen) atoms. The lowest BCUT2D eigenvalue weighted by atomic mass is 10.2. The lowest BCUT2D eigenvalue weighted by Gasteiger charge is -2.28. The number of nitrogens with one attached hydrogen (secondary N) is 1. The molecule has 0 bridgehead atoms. The minimum Gasteiger partial charge on any atom is -0.307 e. The zero-order valence-electron chi connectivity index (χ0n) is 17.6. The first-order valence-corrected chi connectivity index (χ1v) is 11.0. The number of nitrogens with zero attached hydrogens (tertiary/aromatic N) is 2. The van der Waals surface area contributed by atoms with Crippen LogP contribution in [0.3, 0.4) is 0 Å². The van der Waals surface area contributed by atoms with Gasteiger partial charge in [0.05, 0.1) is 16.3 Å². The van der Waals surface area contributed by atoms with Crippen molar-refractivity contribution in [2.24, 2.45) is 0 Å². The van der Waals surface area contributed by atoms with Gasteiger partial charge in [0.25, 0.3) is 5.91 Å². The zero-order valence-corrected chi connectivity index (χ0v) is 18.4. The maximum atomic E-state index is 13.7. The highest BCUT2D eigenvalue weighted by Gasteiger charge is 2.34. The highest BCUT2D eigenvalue weighted by Crippen LogP contribution is 2.26. The van der Waals surface area contributed by atoms with Gasteiger partial charge in [-0.3, -0.25) is 4.79 Å². The molecule has 0 aliphatic rings. The molecule has 0 saturated carbocycles. The van der Waals surface area contributed by atoms with Gasteiger partial charge in [-0.2, -0.15) is 0 Å². The van der Waals surface area contributed by atoms with Crippen LogP contribution in [0, 0.1) is 0 Å². The summed E-state index contributed by atoms with van der Waals surface area (Å²) in [6.45, 7) is 5.71. The maximum absolute atomic E-state index is 13.7. The fraction of sp³-hybridized carbons (Fsp3) is 0.0800. The van der Waals surface area contributed by atoms with E-state index in [0.717, 1.165) is 9.80 Å². The van der Waals surface area contributed by atoms with Crippen LogP contribution in [0.25, 0.3) is 0 Å². The largest absolute Gasteiger partial charge is 0.344 e. The summed E-state index contributed by atoms with van der Waals surface area (Å²) >= 11 is 1.24. The molecule has 0 aliphatic heterocycles. The Bertz CT molecular complexity index is 1090. The lowest BCUT2D eigenvalue weighted by Crippen LogP contribution is -2.51. The van der Waals surface area contributed by atoms with Gasteiger partial charge in [-0.15, -0.1) is 11.8 Å². The summed E-state index contributed by atoms with van der Waals surface area (Å²) in [6.07, 6.45) is 0. The van der Waals surface area contributed by atoms with E-state index >= 15 is 0 Å². The van der Waals surface area contributed by atoms with E-state index in [-0.39, 0.29) is 4.91 Å². The Morgan fingerprint density at radius 3 is 1.75 bits per heavy atom. The van der Waals surface area contributed by atoms with E-state index in [2.05, 4.69) is 11.9 Å². The van der Waals surface area contributed by atoms with Gasteiger partial charge < -0.3 is 5.32 Å². The summed E-state index contributed by atoms with van der Waals surface area (Å²) in [7, 11) is 0. The highest BCUT2D eigenvalue weighted by molar-refractivity contribution is 8.03. The molecule has 0 saturated heterocycles. The molecule has 6 nitrogen and oxygen atoms in total. The standard InChI is InChI=1S/C25H23N3O3S/c1-3-32-19(2)23(29)27(21-15-9-5-10-16-21)25(31)28(22-17-11-6-12-18-22)24(30)26-20-13-7-4-8-14-20/h4-18H,2-3H2,1H3,(H,26,30). The molecule has 3 rings (SSSR count). The first-order valence-electron chi connectivity index (χ1n) is 9.99. The van der Waals surface area contributed by atoms with Crippen molar-refractivity contribution in [2.75, 3.05) is 20.9 Å². The van der Waals surface area contributed by atoms with E-state index in [1.165, 1.54) is 11.8 Å². The average molecular weight is 446 g/mol. The van der Waals surface area contributed by atoms with Gasteiger partial charge in [0, 0.05) is 5.69 Å². The van der Waals surface area contributed by atoms with Gasteiger partial charge in [0.15, 0.2) is 0 Å². The van der Waals surface area contributed by atoms with E-state index in [1.54, 1.807) is 84.9 Å². The van der Waals surface area contributed by atoms with E-state index < -0.39 is 18.0 Å². The topological polar surface area (TPSA) is 69.7 Å². The monoisotopic (exact) mass is 445 g/mol. The van der Waals surface area contributed by atoms with Crippen molar-refractivity contribution in [2.45, 2.75) is 6.92 Å². The Morgan fingerprint density at radius 1 is 0.781 bits per heavy atom. The number of carbonyl (C=O) groups is 3. The number of anilines is 3. The van der Waals surface area contributed by atoms with Crippen LogP contribution < -0.4 is 15.1 Å². The lowest BCUT2D eigenvalue weighted by molar-refractivity contribution is -0.113. The summed E-state index contributed by atoms with van der Waals surface area (Å²) in [5, 5.41) is 2.72. The minimum absolute atomic E-state index is 0.209. The van der Waals surface area contributed by atoms with Crippen molar-refractivity contribution in [1.82, 2.24) is 0 Å². The SMILES string of the molecule is C=C(SCC)C(=O)N(C(=O)N(C(=O)Nc1ccccc1)c1ccccc1)c1ccccc1. The third-order valence-electron chi connectivity index (χ3n) is 4.40. The summed E-state index contributed by atoms with van der Waals surface area (Å²) in [6, 6.07) is 24.3. The van der Waals surface area contributed by atoms with Crippen LogP contribution in [0.2, 0.25) is 0 Å². The quantitative estimate of drug-likeness (QED) is 0.462. The number of carbonyl (C=O) groups excluding carboxylic acids is 3. The number of para-hydroxylation sites is 3. The minimum atomic E-state index is -0.807. The van der Waals surface area contributed by atoms with Crippen molar-refractivity contribution in [1.29, 1.82) is 0 Å². The zero-order chi connectivity index (χ0) is 22.9. The van der Waals surface area contributed by atoms with Crippen molar-refractivity contribution < 1.29 is 14.4 Å². The molecule has 0 heterocycles. The average Bonchev–Trinajstić information content (AvgIpc) is 2.81. The molecule has 0 aliphatic carbocycles. The van der Waals surface area contributed by atoms with Gasteiger partial charge >= 0.3 is 12.1 Å². The molecule has 3 aromatic rings. The summed E-state index contributed by atoms with van der Waals surface area (Å²) in [4.78, 5) is 42.3. The Morgan fingerprint density at radius 2 is 1.25 bits per heavy atom. The predicted octanol–water partition coefficient (Wildman–Crippen LogP) is 6.15. The van der Waals surface area contributed by atoms with Crippen LogP contribution in [0.1, 0.15) is 6.92 Å². The third kappa shape index (κ3) is 5.44. The number of benzene rings is 3. The van der Waals surface area contributed by atoms with Gasteiger partial charge in [0.1, 0.15) is 0 Å². The number of rotatable bonds is 6. The normalized spacial score (nSPS) is 10.2. The molecule has 5 amide bonds. The molecular formula is C25H23N3O3S. The van der Waals surface area contributed by atoms with E-state index in [0.29, 0.717) is 22.8 Å². The second-order valence-corrected chi connectivity index (χ2v) is 7.94. The van der Waals surface area contributed by atoms with E-state index in [4.69, 9.17) is 0 Å². The Balaban J connectivity index is 2.04. The number of urea groups is 2. The van der Waals surface area contributed by atoms with Crippen LogP contribution in [0.4, 0.5) is 26.7 Å². The number of thioether (sulfide) groups is 1. The Hall–Kier alpha value is -3.84. The van der Waals surface area contributed by atoms with Crippen LogP contribution in [-0.2, 0) is 4.79 Å². The van der Waals surface area contributed by atoms with Crippen molar-refractivity contribution in [3.8, 4) is 0 Å². The Kier molecular flexibility index (Phi) is 7.83. The van der Waals surface area contributed by atoms with Crippen LogP contribution in [0.15, 0.2) is 102 Å². The molecule has 0 unspecified atom stereocenters. The maximum Gasteiger partial charge on any atom is 0.344 e. The van der Waals surface area contributed by atoms with Gasteiger partial charge in [0.2, 0.25) is 0 Å². The van der Waals surface area contributed by atoms with Crippen LogP contribution >= 0.6 is 11.8 Å². The first kappa shape index (κ1) is 22.8. The molecule has 0 radical (unpaired) electrons. The van der Waals surface area contributed by atoms with Crippen molar-refractivity contribution in [3.63, 3.8) is 0 Å². The molecule has 0 spiro atoms. The van der Waals surface area contributed by atoms with Crippen molar-refractivity contribution in [3.05, 3.63) is 102 Å². The summed E-state index contributed by atoms with van der Waals surface area (Å²) in [5.41, 5.74) is 1.19. The molecule has 3 aromatic carbocycles. The molecular weight excluding hydrogens is 422 g/mol. The predicted molar refractivity (Wildman–Crippen MR) is 131 cm³/mol. The first-order chi connectivity index (χ1) is 15.5. The molecule has 0 atom stereocenters. The van der Waals surface area contributed by atoms with Crippen molar-refractivity contribution >= 4 is 46.8 Å². The second-order valence-electron chi connectivity index (χ2n) is 6.58. The van der Waals surface area contributed by atoms with Gasteiger partial charge in [-0.05, 0) is 42.2 Å². The molecule has 0 fully saturated rings. The van der Waals surface area contributed by atoms with Crippen LogP contribution in [0.5, 0.6) is 0 Å². The third-order valence-corrected chi connectivity index (χ3v) is 5.21. The van der Waals surface area contributed by atoms with E-state index in [9.17, 15) is 14.4 Å². The molecule has 7 heteroatoms. The fourth-order valence-electron chi connectivity index (χ4n) is 2.94. The molecule has 162 valence electrons. The molecule has 1 N–H and O–H groups in total.